The first-order valence-corrected chi connectivity index (χ1v) is 14.6. The minimum absolute atomic E-state index is 0.0680. The number of aliphatic carboxylic acids is 1. The second-order valence-corrected chi connectivity index (χ2v) is 11.2. The van der Waals surface area contributed by atoms with Gasteiger partial charge in [0.15, 0.2) is 0 Å². The highest BCUT2D eigenvalue weighted by Gasteiger charge is 2.54. The third-order valence-corrected chi connectivity index (χ3v) is 8.18. The Morgan fingerprint density at radius 3 is 2.26 bits per heavy atom. The molecular weight excluding hydrogens is 602 g/mol. The highest BCUT2D eigenvalue weighted by Crippen LogP contribution is 2.39. The molecule has 1 atom stereocenters. The lowest BCUT2D eigenvalue weighted by Crippen LogP contribution is -2.51. The van der Waals surface area contributed by atoms with Crippen molar-refractivity contribution in [2.45, 2.75) is 12.0 Å². The van der Waals surface area contributed by atoms with Crippen LogP contribution in [0.5, 0.6) is 5.75 Å². The first-order valence-electron chi connectivity index (χ1n) is 14.6. The smallest absolute Gasteiger partial charge is 0.338 e. The fourth-order valence-corrected chi connectivity index (χ4v) is 5.76. The molecule has 3 amide bonds. The third-order valence-electron chi connectivity index (χ3n) is 8.18. The summed E-state index contributed by atoms with van der Waals surface area (Å²) in [6, 6.07) is 25.3. The highest BCUT2D eigenvalue weighted by atomic mass is 16.5. The number of anilines is 1. The Balaban J connectivity index is 1.45. The number of ether oxygens (including phenoxy) is 2. The predicted octanol–water partition coefficient (Wildman–Crippen LogP) is 4.47. The molecule has 47 heavy (non-hydrogen) atoms. The summed E-state index contributed by atoms with van der Waals surface area (Å²) in [5, 5.41) is 13.1. The largest absolute Gasteiger partial charge is 0.496 e. The van der Waals surface area contributed by atoms with Gasteiger partial charge in [0.05, 0.1) is 30.3 Å². The maximum atomic E-state index is 13.8. The molecule has 1 heterocycles. The lowest BCUT2D eigenvalue weighted by Gasteiger charge is -2.32. The summed E-state index contributed by atoms with van der Waals surface area (Å²) >= 11 is 0. The number of fused-ring (bicyclic) bond motifs is 1. The molecule has 11 nitrogen and oxygen atoms in total. The van der Waals surface area contributed by atoms with Gasteiger partial charge < -0.3 is 29.7 Å². The Bertz CT molecular complexity index is 1890. The van der Waals surface area contributed by atoms with Crippen LogP contribution in [0.1, 0.15) is 42.2 Å². The summed E-state index contributed by atoms with van der Waals surface area (Å²) in [7, 11) is 5.94. The van der Waals surface area contributed by atoms with Gasteiger partial charge in [-0.1, -0.05) is 66.7 Å². The van der Waals surface area contributed by atoms with E-state index < -0.39 is 48.2 Å². The Labute approximate surface area is 271 Å². The fraction of sp³-hybridized carbons (Fsp3) is 0.194. The number of esters is 1. The van der Waals surface area contributed by atoms with Crippen LogP contribution >= 0.6 is 0 Å². The van der Waals surface area contributed by atoms with E-state index in [4.69, 9.17) is 9.47 Å². The average molecular weight is 636 g/mol. The molecular formula is C36H33N3O8. The number of amides is 3. The number of rotatable bonds is 10. The SMILES string of the molecule is COc1cccc(C(=O)Nc2cccc(CC(=O)OC[C@@]3(C(=O)O)c4ccccc4C(=O)N3C)c2C(=O)N(C)C)c1-c1ccccc1. The van der Waals surface area contributed by atoms with Crippen LogP contribution in [0, 0.1) is 0 Å². The topological polar surface area (TPSA) is 143 Å². The zero-order valence-corrected chi connectivity index (χ0v) is 26.3. The van der Waals surface area contributed by atoms with Gasteiger partial charge in [0.25, 0.3) is 17.7 Å². The second kappa shape index (κ2) is 13.2. The zero-order valence-electron chi connectivity index (χ0n) is 26.3. The van der Waals surface area contributed by atoms with E-state index in [9.17, 15) is 29.1 Å². The van der Waals surface area contributed by atoms with Gasteiger partial charge in [-0.05, 0) is 35.4 Å². The molecule has 2 N–H and O–H groups in total. The van der Waals surface area contributed by atoms with Crippen molar-refractivity contribution in [1.82, 2.24) is 9.80 Å². The van der Waals surface area contributed by atoms with Crippen molar-refractivity contribution >= 4 is 35.3 Å². The summed E-state index contributed by atoms with van der Waals surface area (Å²) in [4.78, 5) is 68.3. The van der Waals surface area contributed by atoms with E-state index >= 15 is 0 Å². The van der Waals surface area contributed by atoms with Crippen LogP contribution in [0.2, 0.25) is 0 Å². The zero-order chi connectivity index (χ0) is 33.9. The minimum Gasteiger partial charge on any atom is -0.496 e. The Morgan fingerprint density at radius 1 is 0.894 bits per heavy atom. The summed E-state index contributed by atoms with van der Waals surface area (Å²) in [5.74, 6) is -3.19. The van der Waals surface area contributed by atoms with Crippen LogP contribution in [-0.2, 0) is 26.3 Å². The van der Waals surface area contributed by atoms with Gasteiger partial charge in [0.1, 0.15) is 12.4 Å². The van der Waals surface area contributed by atoms with E-state index in [1.54, 1.807) is 62.6 Å². The molecule has 1 aliphatic heterocycles. The van der Waals surface area contributed by atoms with Gasteiger partial charge in [-0.25, -0.2) is 4.79 Å². The van der Waals surface area contributed by atoms with Gasteiger partial charge in [0.2, 0.25) is 5.54 Å². The molecule has 0 saturated carbocycles. The van der Waals surface area contributed by atoms with Crippen LogP contribution in [0.15, 0.2) is 91.0 Å². The Morgan fingerprint density at radius 2 is 1.57 bits per heavy atom. The fourth-order valence-electron chi connectivity index (χ4n) is 5.76. The van der Waals surface area contributed by atoms with Crippen molar-refractivity contribution in [2.75, 3.05) is 40.2 Å². The number of carbonyl (C=O) groups excluding carboxylic acids is 4. The van der Waals surface area contributed by atoms with Crippen LogP contribution in [0.25, 0.3) is 11.1 Å². The van der Waals surface area contributed by atoms with Gasteiger partial charge >= 0.3 is 11.9 Å². The molecule has 0 aliphatic carbocycles. The maximum absolute atomic E-state index is 13.8. The maximum Gasteiger partial charge on any atom is 0.338 e. The normalized spacial score (nSPS) is 15.1. The molecule has 0 unspecified atom stereocenters. The number of carboxylic acid groups (broad SMARTS) is 1. The van der Waals surface area contributed by atoms with Crippen LogP contribution in [-0.4, -0.2) is 79.4 Å². The molecule has 0 saturated heterocycles. The molecule has 0 spiro atoms. The first kappa shape index (κ1) is 32.4. The summed E-state index contributed by atoms with van der Waals surface area (Å²) < 4.78 is 11.1. The lowest BCUT2D eigenvalue weighted by atomic mass is 9.90. The number of methoxy groups -OCH3 is 1. The number of likely N-dealkylation sites (N-methyl/N-ethyl adjacent to an activating group) is 1. The predicted molar refractivity (Wildman–Crippen MR) is 173 cm³/mol. The number of carbonyl (C=O) groups is 5. The van der Waals surface area contributed by atoms with Gasteiger partial charge in [0, 0.05) is 37.8 Å². The molecule has 240 valence electrons. The molecule has 4 aromatic rings. The van der Waals surface area contributed by atoms with Gasteiger partial charge in [-0.15, -0.1) is 0 Å². The molecule has 0 bridgehead atoms. The van der Waals surface area contributed by atoms with E-state index in [-0.39, 0.29) is 27.9 Å². The molecule has 0 aromatic heterocycles. The highest BCUT2D eigenvalue weighted by molar-refractivity contribution is 6.13. The first-order chi connectivity index (χ1) is 22.5. The van der Waals surface area contributed by atoms with E-state index in [0.29, 0.717) is 16.9 Å². The number of nitrogens with one attached hydrogen (secondary N) is 1. The minimum atomic E-state index is -1.92. The molecule has 1 aliphatic rings. The van der Waals surface area contributed by atoms with Crippen molar-refractivity contribution in [3.05, 3.63) is 119 Å². The average Bonchev–Trinajstić information content (AvgIpc) is 3.29. The molecule has 0 fully saturated rings. The van der Waals surface area contributed by atoms with Crippen molar-refractivity contribution < 1.29 is 38.6 Å². The van der Waals surface area contributed by atoms with Crippen molar-refractivity contribution in [3.63, 3.8) is 0 Å². The van der Waals surface area contributed by atoms with Crippen molar-refractivity contribution in [1.29, 1.82) is 0 Å². The Kier molecular flexibility index (Phi) is 9.09. The van der Waals surface area contributed by atoms with Crippen LogP contribution in [0.3, 0.4) is 0 Å². The quantitative estimate of drug-likeness (QED) is 0.243. The molecule has 0 radical (unpaired) electrons. The number of carboxylic acids is 1. The van der Waals surface area contributed by atoms with E-state index in [2.05, 4.69) is 5.32 Å². The summed E-state index contributed by atoms with van der Waals surface area (Å²) in [6.07, 6.45) is -0.415. The standard InChI is InChI=1S/C36H33N3O8/c1-38(2)34(43)31-23(20-29(40)47-21-36(35(44)45)26-17-9-8-15-24(26)33(42)39(36)3)14-10-18-27(31)37-32(41)25-16-11-19-28(46-4)30(25)22-12-6-5-7-13-22/h5-19H,20-21H2,1-4H3,(H,37,41)(H,44,45)/t36-/m0/s1. The Hall–Kier alpha value is -5.97. The molecule has 11 heteroatoms. The van der Waals surface area contributed by atoms with Crippen LogP contribution in [0.4, 0.5) is 5.69 Å². The second-order valence-electron chi connectivity index (χ2n) is 11.2. The lowest BCUT2D eigenvalue weighted by molar-refractivity contribution is -0.159. The number of nitrogens with zero attached hydrogens (tertiary/aromatic N) is 2. The summed E-state index contributed by atoms with van der Waals surface area (Å²) in [6.45, 7) is -0.647. The van der Waals surface area contributed by atoms with E-state index in [1.165, 1.54) is 31.2 Å². The number of benzene rings is 4. The van der Waals surface area contributed by atoms with E-state index in [0.717, 1.165) is 10.5 Å². The third kappa shape index (κ3) is 5.90. The molecule has 5 rings (SSSR count). The van der Waals surface area contributed by atoms with Gasteiger partial charge in [-0.2, -0.15) is 0 Å². The van der Waals surface area contributed by atoms with Gasteiger partial charge in [-0.3, -0.25) is 19.2 Å². The van der Waals surface area contributed by atoms with Crippen LogP contribution < -0.4 is 10.1 Å². The van der Waals surface area contributed by atoms with E-state index in [1.807, 2.05) is 30.3 Å². The number of hydrogen-bond donors (Lipinski definition) is 2. The monoisotopic (exact) mass is 635 g/mol. The summed E-state index contributed by atoms with van der Waals surface area (Å²) in [5.41, 5.74) is 0.616. The molecule has 4 aromatic carbocycles. The van der Waals surface area contributed by atoms with Crippen molar-refractivity contribution in [3.8, 4) is 16.9 Å². The van der Waals surface area contributed by atoms with Crippen molar-refractivity contribution in [2.24, 2.45) is 0 Å². The number of hydrogen-bond acceptors (Lipinski definition) is 7.